The molecule has 1 aromatic carbocycles. The molecule has 1 fully saturated rings. The Kier molecular flexibility index (Phi) is 6.22. The zero-order valence-electron chi connectivity index (χ0n) is 16.1. The second-order valence-electron chi connectivity index (χ2n) is 7.72. The van der Waals surface area contributed by atoms with Gasteiger partial charge in [-0.1, -0.05) is 12.1 Å². The Morgan fingerprint density at radius 2 is 2.00 bits per heavy atom. The molecule has 0 saturated heterocycles. The Labute approximate surface area is 168 Å². The van der Waals surface area contributed by atoms with Crippen molar-refractivity contribution in [1.29, 1.82) is 0 Å². The van der Waals surface area contributed by atoms with Crippen LogP contribution >= 0.6 is 0 Å². The van der Waals surface area contributed by atoms with Gasteiger partial charge >= 0.3 is 0 Å². The van der Waals surface area contributed by atoms with Crippen molar-refractivity contribution in [2.75, 3.05) is 18.5 Å². The fourth-order valence-corrected chi connectivity index (χ4v) is 3.78. The van der Waals surface area contributed by atoms with Crippen LogP contribution in [0, 0.1) is 5.82 Å². The van der Waals surface area contributed by atoms with E-state index >= 15 is 0 Å². The lowest BCUT2D eigenvalue weighted by atomic mass is 9.92. The Morgan fingerprint density at radius 1 is 1.14 bits per heavy atom. The molecule has 6 bridgehead atoms. The summed E-state index contributed by atoms with van der Waals surface area (Å²) >= 11 is 0. The number of aromatic nitrogens is 2. The van der Waals surface area contributed by atoms with Gasteiger partial charge in [0, 0.05) is 12.5 Å². The zero-order chi connectivity index (χ0) is 20.2. The molecule has 1 aliphatic carbocycles. The van der Waals surface area contributed by atoms with Crippen LogP contribution in [0.3, 0.4) is 0 Å². The number of hydrogen-bond acceptors (Lipinski definition) is 7. The molecule has 8 heteroatoms. The summed E-state index contributed by atoms with van der Waals surface area (Å²) < 4.78 is 25.7. The molecule has 0 spiro atoms. The number of anilines is 1. The number of rotatable bonds is 0. The molecule has 7 nitrogen and oxygen atoms in total. The van der Waals surface area contributed by atoms with Gasteiger partial charge in [0.1, 0.15) is 30.4 Å². The quantitative estimate of drug-likeness (QED) is 0.620. The number of aliphatic hydroxyl groups is 2. The fourth-order valence-electron chi connectivity index (χ4n) is 3.78. The summed E-state index contributed by atoms with van der Waals surface area (Å²) in [5.74, 6) is 0.794. The lowest BCUT2D eigenvalue weighted by Crippen LogP contribution is -2.38. The van der Waals surface area contributed by atoms with Gasteiger partial charge in [-0.2, -0.15) is 0 Å². The maximum Gasteiger partial charge on any atom is 0.183 e. The third-order valence-corrected chi connectivity index (χ3v) is 5.39. The minimum absolute atomic E-state index is 0.0218. The molecule has 4 rings (SSSR count). The highest BCUT2D eigenvalue weighted by Crippen LogP contribution is 2.25. The minimum atomic E-state index is -1.06. The third kappa shape index (κ3) is 5.20. The molecule has 1 aromatic heterocycles. The van der Waals surface area contributed by atoms with Gasteiger partial charge in [0.15, 0.2) is 11.6 Å². The maximum absolute atomic E-state index is 14.3. The molecule has 29 heavy (non-hydrogen) atoms. The Balaban J connectivity index is 1.60. The monoisotopic (exact) mass is 403 g/mol. The summed E-state index contributed by atoms with van der Waals surface area (Å²) in [4.78, 5) is 8.50. The summed E-state index contributed by atoms with van der Waals surface area (Å²) in [5.41, 5.74) is 0.903. The Morgan fingerprint density at radius 3 is 2.90 bits per heavy atom. The molecule has 2 heterocycles. The molecule has 156 valence electrons. The van der Waals surface area contributed by atoms with Crippen molar-refractivity contribution in [3.63, 3.8) is 0 Å². The first-order valence-corrected chi connectivity index (χ1v) is 10.0. The molecule has 0 radical (unpaired) electrons. The summed E-state index contributed by atoms with van der Waals surface area (Å²) in [7, 11) is 0. The predicted octanol–water partition coefficient (Wildman–Crippen LogP) is 2.06. The Bertz CT molecular complexity index is 837. The first-order chi connectivity index (χ1) is 14.1. The fraction of sp³-hybridized carbons (Fsp3) is 0.524. The number of aliphatic hydroxyl groups excluding tert-OH is 2. The third-order valence-electron chi connectivity index (χ3n) is 5.39. The van der Waals surface area contributed by atoms with E-state index in [2.05, 4.69) is 15.3 Å². The van der Waals surface area contributed by atoms with Crippen molar-refractivity contribution in [3.05, 3.63) is 47.7 Å². The molecular formula is C21H26FN3O4. The van der Waals surface area contributed by atoms with Crippen LogP contribution in [0.2, 0.25) is 0 Å². The highest BCUT2D eigenvalue weighted by Gasteiger charge is 2.26. The lowest BCUT2D eigenvalue weighted by molar-refractivity contribution is -0.0783. The first-order valence-electron chi connectivity index (χ1n) is 10.0. The summed E-state index contributed by atoms with van der Waals surface area (Å²) in [6.07, 6.45) is 2.81. The van der Waals surface area contributed by atoms with Gasteiger partial charge in [0.05, 0.1) is 18.9 Å². The number of nitrogens with zero attached hydrogens (tertiary/aromatic N) is 2. The zero-order valence-corrected chi connectivity index (χ0v) is 16.1. The van der Waals surface area contributed by atoms with Gasteiger partial charge in [-0.15, -0.1) is 0 Å². The van der Waals surface area contributed by atoms with Crippen molar-refractivity contribution in [2.45, 2.75) is 56.5 Å². The van der Waals surface area contributed by atoms with E-state index in [9.17, 15) is 14.6 Å². The minimum Gasteiger partial charge on any atom is -0.491 e. The van der Waals surface area contributed by atoms with Crippen molar-refractivity contribution in [3.8, 4) is 5.75 Å². The summed E-state index contributed by atoms with van der Waals surface area (Å²) in [6, 6.07) is 7.35. The highest BCUT2D eigenvalue weighted by molar-refractivity contribution is 5.38. The molecule has 1 aliphatic heterocycles. The van der Waals surface area contributed by atoms with Crippen molar-refractivity contribution < 1.29 is 24.1 Å². The highest BCUT2D eigenvalue weighted by atomic mass is 19.1. The van der Waals surface area contributed by atoms with E-state index < -0.39 is 18.0 Å². The van der Waals surface area contributed by atoms with E-state index in [1.165, 1.54) is 6.20 Å². The van der Waals surface area contributed by atoms with Gasteiger partial charge < -0.3 is 25.0 Å². The topological polar surface area (TPSA) is 96.7 Å². The van der Waals surface area contributed by atoms with Crippen molar-refractivity contribution in [1.82, 2.24) is 9.97 Å². The number of nitrogens with one attached hydrogen (secondary N) is 1. The lowest BCUT2D eigenvalue weighted by Gasteiger charge is -2.31. The van der Waals surface area contributed by atoms with Crippen LogP contribution in [-0.2, 0) is 11.2 Å². The van der Waals surface area contributed by atoms with E-state index in [4.69, 9.17) is 9.47 Å². The average Bonchev–Trinajstić information content (AvgIpc) is 2.73. The molecule has 2 unspecified atom stereocenters. The Hall–Kier alpha value is -2.29. The van der Waals surface area contributed by atoms with Crippen LogP contribution in [0.5, 0.6) is 5.75 Å². The van der Waals surface area contributed by atoms with Gasteiger partial charge in [0.25, 0.3) is 0 Å². The molecule has 2 aliphatic rings. The second kappa shape index (κ2) is 9.02. The van der Waals surface area contributed by atoms with E-state index in [0.29, 0.717) is 24.4 Å². The average molecular weight is 403 g/mol. The first kappa shape index (κ1) is 20.0. The number of ether oxygens (including phenoxy) is 2. The van der Waals surface area contributed by atoms with Crippen LogP contribution in [0.15, 0.2) is 30.5 Å². The van der Waals surface area contributed by atoms with E-state index in [0.717, 1.165) is 24.8 Å². The summed E-state index contributed by atoms with van der Waals surface area (Å²) in [5, 5.41) is 23.6. The smallest absolute Gasteiger partial charge is 0.183 e. The van der Waals surface area contributed by atoms with Crippen LogP contribution in [-0.4, -0.2) is 57.7 Å². The van der Waals surface area contributed by atoms with Crippen molar-refractivity contribution in [2.24, 2.45) is 0 Å². The van der Waals surface area contributed by atoms with E-state index in [1.807, 2.05) is 18.2 Å². The number of benzene rings is 1. The number of hydrogen-bond donors (Lipinski definition) is 3. The molecule has 2 aromatic rings. The van der Waals surface area contributed by atoms with Crippen LogP contribution in [0.25, 0.3) is 0 Å². The standard InChI is InChI=1S/C21H26FN3O4/c22-17-10-23-20-8-13-3-1-5-15(7-13)28-11-18(26)19(27)12-29-16-6-2-4-14(9-16)24-21(17)25-20/h1,3,5,7,10,14,16,18-19,26-27H,2,4,6,8-9,11-12H2,(H,23,24,25)/t14?,16?,18-,19+/m1/s1. The number of halogens is 1. The molecular weight excluding hydrogens is 377 g/mol. The summed E-state index contributed by atoms with van der Waals surface area (Å²) in [6.45, 7) is -0.0198. The van der Waals surface area contributed by atoms with Crippen molar-refractivity contribution >= 4 is 5.82 Å². The maximum atomic E-state index is 14.3. The normalized spacial score (nSPS) is 28.0. The van der Waals surface area contributed by atoms with Gasteiger partial charge in [-0.3, -0.25) is 0 Å². The molecule has 0 amide bonds. The second-order valence-corrected chi connectivity index (χ2v) is 7.72. The largest absolute Gasteiger partial charge is 0.491 e. The van der Waals surface area contributed by atoms with Crippen LogP contribution < -0.4 is 10.1 Å². The molecule has 3 N–H and O–H groups in total. The van der Waals surface area contributed by atoms with Crippen LogP contribution in [0.1, 0.15) is 37.1 Å². The SMILES string of the molecule is O[C@@H]1COc2cccc(c2)Cc2ncc(F)c(n2)NC2CCCC(C2)OC[C@@H]1O. The molecule has 1 saturated carbocycles. The van der Waals surface area contributed by atoms with E-state index in [-0.39, 0.29) is 31.2 Å². The van der Waals surface area contributed by atoms with Crippen LogP contribution in [0.4, 0.5) is 10.2 Å². The van der Waals surface area contributed by atoms with Gasteiger partial charge in [0.2, 0.25) is 0 Å². The van der Waals surface area contributed by atoms with E-state index in [1.54, 1.807) is 6.07 Å². The number of fused-ring (bicyclic) bond motifs is 6. The predicted molar refractivity (Wildman–Crippen MR) is 104 cm³/mol. The van der Waals surface area contributed by atoms with Gasteiger partial charge in [-0.25, -0.2) is 14.4 Å². The molecule has 4 atom stereocenters. The van der Waals surface area contributed by atoms with Gasteiger partial charge in [-0.05, 0) is 43.4 Å².